The first kappa shape index (κ1) is 22.2. The molecule has 1 aromatic carbocycles. The predicted octanol–water partition coefficient (Wildman–Crippen LogP) is 1.95. The van der Waals surface area contributed by atoms with Crippen LogP contribution in [0.3, 0.4) is 0 Å². The van der Waals surface area contributed by atoms with Gasteiger partial charge in [-0.1, -0.05) is 36.4 Å². The van der Waals surface area contributed by atoms with E-state index in [4.69, 9.17) is 9.47 Å². The number of amides is 3. The van der Waals surface area contributed by atoms with Crippen LogP contribution in [0.1, 0.15) is 17.5 Å². The predicted molar refractivity (Wildman–Crippen MR) is 109 cm³/mol. The molecule has 0 aliphatic carbocycles. The summed E-state index contributed by atoms with van der Waals surface area (Å²) < 4.78 is 10.5. The van der Waals surface area contributed by atoms with Gasteiger partial charge in [0, 0.05) is 52.0 Å². The highest BCUT2D eigenvalue weighted by Crippen LogP contribution is 2.13. The molecule has 8 heteroatoms. The Bertz CT molecular complexity index is 770. The van der Waals surface area contributed by atoms with Gasteiger partial charge in [-0.05, 0) is 11.6 Å². The van der Waals surface area contributed by atoms with Gasteiger partial charge in [0.1, 0.15) is 6.61 Å². The second-order valence-corrected chi connectivity index (χ2v) is 6.41. The molecule has 0 atom stereocenters. The van der Waals surface area contributed by atoms with Crippen LogP contribution in [0.25, 0.3) is 0 Å². The summed E-state index contributed by atoms with van der Waals surface area (Å²) in [5.74, 6) is 0.309. The van der Waals surface area contributed by atoms with Crippen LogP contribution in [0, 0.1) is 0 Å². The normalized spacial score (nSPS) is 10.3. The molecule has 1 heterocycles. The summed E-state index contributed by atoms with van der Waals surface area (Å²) in [6.45, 7) is 1.91. The van der Waals surface area contributed by atoms with Gasteiger partial charge in [0.2, 0.25) is 11.8 Å². The third-order valence-electron chi connectivity index (χ3n) is 4.09. The topological polar surface area (TPSA) is 92.8 Å². The number of carbonyl (C=O) groups excluding carboxylic acids is 2. The molecule has 2 rings (SSSR count). The average molecular weight is 400 g/mol. The lowest BCUT2D eigenvalue weighted by atomic mass is 10.2. The molecule has 0 saturated carbocycles. The SMILES string of the molecule is COCCOc1ncccc1CNC(=O)CCNC(=O)N(C)Cc1ccccc1. The van der Waals surface area contributed by atoms with Crippen molar-refractivity contribution in [2.24, 2.45) is 0 Å². The molecule has 0 unspecified atom stereocenters. The number of ether oxygens (including phenoxy) is 2. The van der Waals surface area contributed by atoms with Crippen LogP contribution in [-0.2, 0) is 22.6 Å². The minimum atomic E-state index is -0.220. The highest BCUT2D eigenvalue weighted by Gasteiger charge is 2.10. The highest BCUT2D eigenvalue weighted by atomic mass is 16.5. The smallest absolute Gasteiger partial charge is 0.317 e. The number of rotatable bonds is 11. The van der Waals surface area contributed by atoms with Crippen molar-refractivity contribution >= 4 is 11.9 Å². The molecule has 156 valence electrons. The van der Waals surface area contributed by atoms with E-state index in [0.29, 0.717) is 32.2 Å². The van der Waals surface area contributed by atoms with Gasteiger partial charge in [-0.3, -0.25) is 4.79 Å². The van der Waals surface area contributed by atoms with Gasteiger partial charge < -0.3 is 25.0 Å². The quantitative estimate of drug-likeness (QED) is 0.563. The third kappa shape index (κ3) is 8.18. The Morgan fingerprint density at radius 2 is 1.86 bits per heavy atom. The number of methoxy groups -OCH3 is 1. The van der Waals surface area contributed by atoms with Gasteiger partial charge in [0.25, 0.3) is 0 Å². The number of hydrogen-bond donors (Lipinski definition) is 2. The van der Waals surface area contributed by atoms with Crippen LogP contribution in [-0.4, -0.2) is 55.7 Å². The number of benzene rings is 1. The van der Waals surface area contributed by atoms with Crippen LogP contribution in [0.15, 0.2) is 48.7 Å². The Kier molecular flexibility index (Phi) is 9.44. The van der Waals surface area contributed by atoms with Gasteiger partial charge in [-0.15, -0.1) is 0 Å². The van der Waals surface area contributed by atoms with E-state index in [1.165, 1.54) is 0 Å². The fourth-order valence-electron chi connectivity index (χ4n) is 2.54. The maximum absolute atomic E-state index is 12.1. The maximum Gasteiger partial charge on any atom is 0.317 e. The van der Waals surface area contributed by atoms with Crippen LogP contribution in [0.4, 0.5) is 4.79 Å². The third-order valence-corrected chi connectivity index (χ3v) is 4.09. The molecule has 0 aliphatic heterocycles. The van der Waals surface area contributed by atoms with E-state index in [9.17, 15) is 9.59 Å². The zero-order valence-corrected chi connectivity index (χ0v) is 16.9. The lowest BCUT2D eigenvalue weighted by Crippen LogP contribution is -2.38. The summed E-state index contributed by atoms with van der Waals surface area (Å²) in [6, 6.07) is 13.1. The molecule has 29 heavy (non-hydrogen) atoms. The second-order valence-electron chi connectivity index (χ2n) is 6.41. The van der Waals surface area contributed by atoms with E-state index in [2.05, 4.69) is 15.6 Å². The highest BCUT2D eigenvalue weighted by molar-refractivity contribution is 5.78. The monoisotopic (exact) mass is 400 g/mol. The number of hydrogen-bond acceptors (Lipinski definition) is 5. The lowest BCUT2D eigenvalue weighted by molar-refractivity contribution is -0.121. The summed E-state index contributed by atoms with van der Waals surface area (Å²) in [5.41, 5.74) is 1.83. The van der Waals surface area contributed by atoms with Crippen molar-refractivity contribution in [1.82, 2.24) is 20.5 Å². The summed E-state index contributed by atoms with van der Waals surface area (Å²) in [4.78, 5) is 30.0. The summed E-state index contributed by atoms with van der Waals surface area (Å²) in [6.07, 6.45) is 1.82. The summed E-state index contributed by atoms with van der Waals surface area (Å²) in [7, 11) is 3.32. The van der Waals surface area contributed by atoms with Gasteiger partial charge in [0.05, 0.1) is 6.61 Å². The number of nitrogens with one attached hydrogen (secondary N) is 2. The molecule has 0 aliphatic rings. The second kappa shape index (κ2) is 12.4. The maximum atomic E-state index is 12.1. The number of nitrogens with zero attached hydrogens (tertiary/aromatic N) is 2. The average Bonchev–Trinajstić information content (AvgIpc) is 2.74. The fraction of sp³-hybridized carbons (Fsp3) is 0.381. The van der Waals surface area contributed by atoms with Crippen molar-refractivity contribution < 1.29 is 19.1 Å². The molecule has 8 nitrogen and oxygen atoms in total. The van der Waals surface area contributed by atoms with Crippen LogP contribution < -0.4 is 15.4 Å². The molecule has 0 spiro atoms. The van der Waals surface area contributed by atoms with Gasteiger partial charge >= 0.3 is 6.03 Å². The molecule has 3 amide bonds. The van der Waals surface area contributed by atoms with E-state index in [0.717, 1.165) is 11.1 Å². The fourth-order valence-corrected chi connectivity index (χ4v) is 2.54. The van der Waals surface area contributed by atoms with Crippen molar-refractivity contribution in [2.75, 3.05) is 33.9 Å². The number of carbonyl (C=O) groups is 2. The molecule has 0 saturated heterocycles. The molecule has 0 bridgehead atoms. The van der Waals surface area contributed by atoms with Crippen LogP contribution in [0.5, 0.6) is 5.88 Å². The number of pyridine rings is 1. The van der Waals surface area contributed by atoms with E-state index in [1.807, 2.05) is 36.4 Å². The minimum Gasteiger partial charge on any atom is -0.475 e. The molecule has 1 aromatic heterocycles. The standard InChI is InChI=1S/C21H28N4O4/c1-25(16-17-7-4-3-5-8-17)21(27)23-12-10-19(26)24-15-18-9-6-11-22-20(18)29-14-13-28-2/h3-9,11H,10,12-16H2,1-2H3,(H,23,27)(H,24,26). The molecule has 0 radical (unpaired) electrons. The Hall–Kier alpha value is -3.13. The van der Waals surface area contributed by atoms with Crippen LogP contribution >= 0.6 is 0 Å². The summed E-state index contributed by atoms with van der Waals surface area (Å²) in [5, 5.41) is 5.57. The number of aromatic nitrogens is 1. The Morgan fingerprint density at radius 3 is 2.62 bits per heavy atom. The van der Waals surface area contributed by atoms with E-state index < -0.39 is 0 Å². The molecular formula is C21H28N4O4. The van der Waals surface area contributed by atoms with Crippen molar-refractivity contribution in [2.45, 2.75) is 19.5 Å². The zero-order valence-electron chi connectivity index (χ0n) is 16.9. The van der Waals surface area contributed by atoms with E-state index in [-0.39, 0.29) is 24.9 Å². The zero-order chi connectivity index (χ0) is 20.9. The Labute approximate surface area is 171 Å². The van der Waals surface area contributed by atoms with Crippen molar-refractivity contribution in [3.05, 3.63) is 59.8 Å². The lowest BCUT2D eigenvalue weighted by Gasteiger charge is -2.18. The first-order chi connectivity index (χ1) is 14.1. The molecule has 2 N–H and O–H groups in total. The van der Waals surface area contributed by atoms with Crippen LogP contribution in [0.2, 0.25) is 0 Å². The largest absolute Gasteiger partial charge is 0.475 e. The molecular weight excluding hydrogens is 372 g/mol. The molecule has 0 fully saturated rings. The Balaban J connectivity index is 1.69. The first-order valence-corrected chi connectivity index (χ1v) is 9.45. The van der Waals surface area contributed by atoms with Gasteiger partial charge in [-0.2, -0.15) is 0 Å². The minimum absolute atomic E-state index is 0.164. The molecule has 2 aromatic rings. The van der Waals surface area contributed by atoms with E-state index in [1.54, 1.807) is 31.3 Å². The first-order valence-electron chi connectivity index (χ1n) is 9.45. The van der Waals surface area contributed by atoms with Crippen molar-refractivity contribution in [1.29, 1.82) is 0 Å². The van der Waals surface area contributed by atoms with Crippen molar-refractivity contribution in [3.63, 3.8) is 0 Å². The van der Waals surface area contributed by atoms with Crippen molar-refractivity contribution in [3.8, 4) is 5.88 Å². The Morgan fingerprint density at radius 1 is 1.07 bits per heavy atom. The van der Waals surface area contributed by atoms with Gasteiger partial charge in [0.15, 0.2) is 0 Å². The summed E-state index contributed by atoms with van der Waals surface area (Å²) >= 11 is 0. The van der Waals surface area contributed by atoms with E-state index >= 15 is 0 Å². The van der Waals surface area contributed by atoms with Gasteiger partial charge in [-0.25, -0.2) is 9.78 Å². The number of urea groups is 1.